The van der Waals surface area contributed by atoms with Gasteiger partial charge < -0.3 is 0 Å². The molecule has 0 bridgehead atoms. The fraction of sp³-hybridized carbons (Fsp3) is 0.143. The molecule has 0 radical (unpaired) electrons. The molecule has 0 aliphatic carbocycles. The Morgan fingerprint density at radius 1 is 0.947 bits per heavy atom. The number of aryl methyl sites for hydroxylation is 1. The second-order valence-corrected chi connectivity index (χ2v) is 6.53. The first-order chi connectivity index (χ1) is 9.12. The Hall–Kier alpha value is -1.33. The molecule has 0 fully saturated rings. The average molecular weight is 340 g/mol. The smallest absolute Gasteiger partial charge is 0.261 e. The van der Waals surface area contributed by atoms with E-state index in [9.17, 15) is 8.42 Å². The van der Waals surface area contributed by atoms with Gasteiger partial charge in [0.2, 0.25) is 0 Å². The zero-order chi connectivity index (χ0) is 13.7. The fourth-order valence-electron chi connectivity index (χ4n) is 1.66. The minimum atomic E-state index is -3.51. The van der Waals surface area contributed by atoms with E-state index >= 15 is 0 Å². The summed E-state index contributed by atoms with van der Waals surface area (Å²) < 4.78 is 26.8. The normalized spacial score (nSPS) is 11.2. The van der Waals surface area contributed by atoms with Gasteiger partial charge in [0.05, 0.1) is 4.90 Å². The molecule has 0 heterocycles. The van der Waals surface area contributed by atoms with E-state index in [0.29, 0.717) is 5.69 Å². The van der Waals surface area contributed by atoms with Crippen LogP contribution in [0, 0.1) is 0 Å². The molecular weight excluding hydrogens is 326 g/mol. The maximum absolute atomic E-state index is 12.2. The largest absolute Gasteiger partial charge is 0.280 e. The van der Waals surface area contributed by atoms with Gasteiger partial charge in [0.15, 0.2) is 0 Å². The van der Waals surface area contributed by atoms with Crippen LogP contribution in [0.3, 0.4) is 0 Å². The van der Waals surface area contributed by atoms with E-state index in [-0.39, 0.29) is 4.90 Å². The molecule has 0 atom stereocenters. The predicted octanol–water partition coefficient (Wildman–Crippen LogP) is 3.42. The summed E-state index contributed by atoms with van der Waals surface area (Å²) >= 11 is 3.36. The van der Waals surface area contributed by atoms with Crippen LogP contribution in [0.5, 0.6) is 0 Å². The van der Waals surface area contributed by atoms with Crippen molar-refractivity contribution in [3.63, 3.8) is 0 Å². The van der Waals surface area contributed by atoms with Crippen molar-refractivity contribution in [2.45, 2.75) is 11.3 Å². The maximum atomic E-state index is 12.2. The summed E-state index contributed by atoms with van der Waals surface area (Å²) in [6.07, 6.45) is 0.881. The van der Waals surface area contributed by atoms with Gasteiger partial charge in [0.1, 0.15) is 0 Å². The van der Waals surface area contributed by atoms with Crippen molar-refractivity contribution < 1.29 is 8.42 Å². The van der Waals surface area contributed by atoms with Crippen LogP contribution < -0.4 is 4.72 Å². The molecule has 0 amide bonds. The molecule has 2 aromatic rings. The molecule has 2 rings (SSSR count). The number of para-hydroxylation sites is 1. The van der Waals surface area contributed by atoms with Gasteiger partial charge in [-0.1, -0.05) is 46.3 Å². The maximum Gasteiger partial charge on any atom is 0.261 e. The van der Waals surface area contributed by atoms with Gasteiger partial charge in [0, 0.05) is 11.0 Å². The molecule has 2 aromatic carbocycles. The fourth-order valence-corrected chi connectivity index (χ4v) is 3.18. The van der Waals surface area contributed by atoms with Crippen molar-refractivity contribution in [3.05, 3.63) is 60.2 Å². The molecule has 0 saturated heterocycles. The summed E-state index contributed by atoms with van der Waals surface area (Å²) in [5, 5.41) is 0.862. The van der Waals surface area contributed by atoms with Gasteiger partial charge in [0.25, 0.3) is 10.0 Å². The highest BCUT2D eigenvalue weighted by molar-refractivity contribution is 9.09. The number of hydrogen-bond donors (Lipinski definition) is 1. The molecule has 3 nitrogen and oxygen atoms in total. The lowest BCUT2D eigenvalue weighted by atomic mass is 10.2. The number of benzene rings is 2. The van der Waals surface area contributed by atoms with Crippen molar-refractivity contribution in [2.24, 2.45) is 0 Å². The van der Waals surface area contributed by atoms with Gasteiger partial charge in [-0.05, 0) is 36.2 Å². The van der Waals surface area contributed by atoms with E-state index < -0.39 is 10.0 Å². The van der Waals surface area contributed by atoms with Crippen molar-refractivity contribution in [2.75, 3.05) is 10.1 Å². The van der Waals surface area contributed by atoms with Crippen LogP contribution in [-0.2, 0) is 16.4 Å². The van der Waals surface area contributed by atoms with Gasteiger partial charge in [-0.15, -0.1) is 0 Å². The zero-order valence-corrected chi connectivity index (χ0v) is 12.6. The van der Waals surface area contributed by atoms with Gasteiger partial charge >= 0.3 is 0 Å². The predicted molar refractivity (Wildman–Crippen MR) is 81.2 cm³/mol. The van der Waals surface area contributed by atoms with E-state index in [2.05, 4.69) is 20.7 Å². The highest BCUT2D eigenvalue weighted by Gasteiger charge is 2.13. The molecule has 0 spiro atoms. The van der Waals surface area contributed by atoms with Crippen LogP contribution >= 0.6 is 15.9 Å². The van der Waals surface area contributed by atoms with Crippen LogP contribution in [0.15, 0.2) is 59.5 Å². The summed E-state index contributed by atoms with van der Waals surface area (Å²) in [5.41, 5.74) is 1.67. The highest BCUT2D eigenvalue weighted by Crippen LogP contribution is 2.16. The highest BCUT2D eigenvalue weighted by atomic mass is 79.9. The van der Waals surface area contributed by atoms with Gasteiger partial charge in [-0.2, -0.15) is 0 Å². The van der Waals surface area contributed by atoms with Gasteiger partial charge in [-0.25, -0.2) is 8.42 Å². The van der Waals surface area contributed by atoms with Gasteiger partial charge in [-0.3, -0.25) is 4.72 Å². The monoisotopic (exact) mass is 339 g/mol. The van der Waals surface area contributed by atoms with Crippen LogP contribution in [0.1, 0.15) is 5.56 Å². The van der Waals surface area contributed by atoms with Crippen molar-refractivity contribution >= 4 is 31.6 Å². The number of halogens is 1. The van der Waals surface area contributed by atoms with Crippen LogP contribution in [-0.4, -0.2) is 13.7 Å². The van der Waals surface area contributed by atoms with E-state index in [1.807, 2.05) is 18.2 Å². The molecule has 0 unspecified atom stereocenters. The third-order valence-electron chi connectivity index (χ3n) is 2.64. The van der Waals surface area contributed by atoms with E-state index in [4.69, 9.17) is 0 Å². The molecule has 0 aliphatic heterocycles. The first kappa shape index (κ1) is 14.1. The molecule has 1 N–H and O–H groups in total. The summed E-state index contributed by atoms with van der Waals surface area (Å²) in [4.78, 5) is 0.273. The Balaban J connectivity index is 2.20. The lowest BCUT2D eigenvalue weighted by Crippen LogP contribution is -2.12. The van der Waals surface area contributed by atoms with Crippen LogP contribution in [0.4, 0.5) is 5.69 Å². The Kier molecular flexibility index (Phi) is 4.61. The SMILES string of the molecule is O=S(=O)(Nc1ccccc1)c1ccc(CCBr)cc1. The summed E-state index contributed by atoms with van der Waals surface area (Å²) in [6, 6.07) is 15.8. The third-order valence-corrected chi connectivity index (χ3v) is 4.44. The van der Waals surface area contributed by atoms with E-state index in [1.54, 1.807) is 36.4 Å². The van der Waals surface area contributed by atoms with Crippen molar-refractivity contribution in [1.29, 1.82) is 0 Å². The first-order valence-corrected chi connectivity index (χ1v) is 8.45. The molecule has 0 aliphatic rings. The van der Waals surface area contributed by atoms with Crippen LogP contribution in [0.25, 0.3) is 0 Å². The number of sulfonamides is 1. The van der Waals surface area contributed by atoms with E-state index in [0.717, 1.165) is 17.3 Å². The molecule has 0 saturated carbocycles. The Labute approximate surface area is 121 Å². The molecule has 19 heavy (non-hydrogen) atoms. The average Bonchev–Trinajstić information content (AvgIpc) is 2.40. The number of alkyl halides is 1. The number of nitrogens with one attached hydrogen (secondary N) is 1. The number of anilines is 1. The lowest BCUT2D eigenvalue weighted by Gasteiger charge is -2.08. The molecule has 0 aromatic heterocycles. The number of rotatable bonds is 5. The molecular formula is C14H14BrNO2S. The van der Waals surface area contributed by atoms with Crippen molar-refractivity contribution in [3.8, 4) is 0 Å². The third kappa shape index (κ3) is 3.81. The van der Waals surface area contributed by atoms with Crippen molar-refractivity contribution in [1.82, 2.24) is 0 Å². The van der Waals surface area contributed by atoms with Crippen LogP contribution in [0.2, 0.25) is 0 Å². The van der Waals surface area contributed by atoms with E-state index in [1.165, 1.54) is 0 Å². The second-order valence-electron chi connectivity index (χ2n) is 4.05. The summed E-state index contributed by atoms with van der Waals surface area (Å²) in [7, 11) is -3.51. The minimum Gasteiger partial charge on any atom is -0.280 e. The Bertz CT molecular complexity index is 624. The second kappa shape index (κ2) is 6.21. The summed E-state index contributed by atoms with van der Waals surface area (Å²) in [6.45, 7) is 0. The first-order valence-electron chi connectivity index (χ1n) is 5.84. The quantitative estimate of drug-likeness (QED) is 0.848. The summed E-state index contributed by atoms with van der Waals surface area (Å²) in [5.74, 6) is 0. The Morgan fingerprint density at radius 3 is 2.16 bits per heavy atom. The molecule has 5 heteroatoms. The lowest BCUT2D eigenvalue weighted by molar-refractivity contribution is 0.601. The topological polar surface area (TPSA) is 46.2 Å². The molecule has 100 valence electrons. The minimum absolute atomic E-state index is 0.273. The zero-order valence-electron chi connectivity index (χ0n) is 10.2. The Morgan fingerprint density at radius 2 is 1.58 bits per heavy atom. The standard InChI is InChI=1S/C14H14BrNO2S/c15-11-10-12-6-8-14(9-7-12)19(17,18)16-13-4-2-1-3-5-13/h1-9,16H,10-11H2. The number of hydrogen-bond acceptors (Lipinski definition) is 2.